The van der Waals surface area contributed by atoms with E-state index in [0.29, 0.717) is 18.0 Å². The molecule has 1 amide bonds. The molecule has 0 radical (unpaired) electrons. The number of benzene rings is 2. The van der Waals surface area contributed by atoms with Gasteiger partial charge in [0.15, 0.2) is 6.61 Å². The average molecular weight is 472 g/mol. The van der Waals surface area contributed by atoms with E-state index >= 15 is 0 Å². The highest BCUT2D eigenvalue weighted by Gasteiger charge is 2.14. The van der Waals surface area contributed by atoms with Crippen LogP contribution in [0.5, 0.6) is 5.75 Å². The summed E-state index contributed by atoms with van der Waals surface area (Å²) in [6.07, 6.45) is 6.30. The van der Waals surface area contributed by atoms with E-state index < -0.39 is 5.97 Å². The Balaban J connectivity index is 1.47. The summed E-state index contributed by atoms with van der Waals surface area (Å²) in [4.78, 5) is 26.0. The zero-order valence-electron chi connectivity index (χ0n) is 19.5. The van der Waals surface area contributed by atoms with Crippen molar-refractivity contribution in [3.05, 3.63) is 96.6 Å². The first-order valence-electron chi connectivity index (χ1n) is 10.9. The molecular weight excluding hydrogens is 446 g/mol. The Labute approximate surface area is 203 Å². The fraction of sp³-hybridized carbons (Fsp3) is 0.148. The Morgan fingerprint density at radius 2 is 1.83 bits per heavy atom. The Hall–Kier alpha value is -4.59. The second-order valence-corrected chi connectivity index (χ2v) is 7.71. The predicted molar refractivity (Wildman–Crippen MR) is 131 cm³/mol. The van der Waals surface area contributed by atoms with Crippen LogP contribution in [0.3, 0.4) is 0 Å². The molecule has 0 fully saturated rings. The number of furan rings is 1. The van der Waals surface area contributed by atoms with E-state index in [1.54, 1.807) is 43.3 Å². The summed E-state index contributed by atoms with van der Waals surface area (Å²) < 4.78 is 17.4. The second-order valence-electron chi connectivity index (χ2n) is 7.71. The van der Waals surface area contributed by atoms with Crippen molar-refractivity contribution >= 4 is 18.0 Å². The van der Waals surface area contributed by atoms with Crippen molar-refractivity contribution in [2.75, 3.05) is 20.8 Å². The van der Waals surface area contributed by atoms with Crippen LogP contribution in [0.4, 0.5) is 0 Å². The van der Waals surface area contributed by atoms with E-state index in [2.05, 4.69) is 0 Å². The van der Waals surface area contributed by atoms with E-state index in [1.807, 2.05) is 60.8 Å². The van der Waals surface area contributed by atoms with Crippen LogP contribution in [0.25, 0.3) is 23.0 Å². The summed E-state index contributed by atoms with van der Waals surface area (Å²) in [7, 11) is 3.23. The van der Waals surface area contributed by atoms with Crippen molar-refractivity contribution in [1.29, 1.82) is 0 Å². The number of esters is 1. The highest BCUT2D eigenvalue weighted by atomic mass is 16.5. The van der Waals surface area contributed by atoms with Crippen LogP contribution in [0.15, 0.2) is 89.7 Å². The number of hydrogen-bond acceptors (Lipinski definition) is 6. The molecule has 0 aliphatic carbocycles. The Kier molecular flexibility index (Phi) is 7.42. The molecule has 2 heterocycles. The smallest absolute Gasteiger partial charge is 0.331 e. The van der Waals surface area contributed by atoms with Crippen LogP contribution in [0, 0.1) is 0 Å². The number of carbonyl (C=O) groups is 2. The quantitative estimate of drug-likeness (QED) is 0.266. The van der Waals surface area contributed by atoms with E-state index in [0.717, 1.165) is 22.6 Å². The minimum absolute atomic E-state index is 0.295. The average Bonchev–Trinajstić information content (AvgIpc) is 3.56. The molecule has 4 aromatic rings. The van der Waals surface area contributed by atoms with E-state index in [-0.39, 0.29) is 12.5 Å². The Morgan fingerprint density at radius 3 is 2.51 bits per heavy atom. The van der Waals surface area contributed by atoms with Gasteiger partial charge in [0.2, 0.25) is 0 Å². The number of rotatable bonds is 9. The molecule has 2 aromatic heterocycles. The van der Waals surface area contributed by atoms with Gasteiger partial charge in [-0.15, -0.1) is 0 Å². The number of ether oxygens (including phenoxy) is 2. The van der Waals surface area contributed by atoms with Crippen LogP contribution in [0.2, 0.25) is 0 Å². The zero-order chi connectivity index (χ0) is 24.6. The molecule has 8 nitrogen and oxygen atoms in total. The summed E-state index contributed by atoms with van der Waals surface area (Å²) >= 11 is 0. The van der Waals surface area contributed by atoms with Gasteiger partial charge in [-0.05, 0) is 54.6 Å². The predicted octanol–water partition coefficient (Wildman–Crippen LogP) is 4.36. The number of para-hydroxylation sites is 1. The minimum atomic E-state index is -0.627. The van der Waals surface area contributed by atoms with Gasteiger partial charge in [0.05, 0.1) is 31.3 Å². The highest BCUT2D eigenvalue weighted by Crippen LogP contribution is 2.26. The lowest BCUT2D eigenvalue weighted by Crippen LogP contribution is -2.30. The fourth-order valence-corrected chi connectivity index (χ4v) is 3.37. The molecule has 35 heavy (non-hydrogen) atoms. The van der Waals surface area contributed by atoms with Crippen molar-refractivity contribution < 1.29 is 23.5 Å². The van der Waals surface area contributed by atoms with Crippen LogP contribution < -0.4 is 4.74 Å². The molecule has 0 N–H and O–H groups in total. The lowest BCUT2D eigenvalue weighted by Gasteiger charge is -2.15. The number of methoxy groups -OCH3 is 1. The van der Waals surface area contributed by atoms with Crippen LogP contribution in [-0.2, 0) is 20.9 Å². The summed E-state index contributed by atoms with van der Waals surface area (Å²) in [5.74, 6) is 0.420. The van der Waals surface area contributed by atoms with Gasteiger partial charge in [0.25, 0.3) is 5.91 Å². The molecule has 4 rings (SSSR count). The van der Waals surface area contributed by atoms with Crippen molar-refractivity contribution in [1.82, 2.24) is 14.7 Å². The summed E-state index contributed by atoms with van der Waals surface area (Å²) in [6.45, 7) is -0.0713. The molecule has 0 atom stereocenters. The largest absolute Gasteiger partial charge is 0.497 e. The third kappa shape index (κ3) is 6.05. The van der Waals surface area contributed by atoms with Gasteiger partial charge in [-0.2, -0.15) is 5.10 Å². The standard InChI is InChI=1S/C27H25N3O5/c1-29(18-24-9-6-16-34-24)25(31)19-35-26(32)15-12-21-17-30(22-7-4-3-5-8-22)28-27(21)20-10-13-23(33-2)14-11-20/h3-17H,18-19H2,1-2H3/b15-12+. The molecular formula is C27H25N3O5. The molecule has 0 unspecified atom stereocenters. The first kappa shape index (κ1) is 23.6. The molecule has 178 valence electrons. The molecule has 0 saturated heterocycles. The summed E-state index contributed by atoms with van der Waals surface area (Å²) in [5, 5.41) is 4.72. The summed E-state index contributed by atoms with van der Waals surface area (Å²) in [6, 6.07) is 20.7. The lowest BCUT2D eigenvalue weighted by atomic mass is 10.1. The Morgan fingerprint density at radius 1 is 1.06 bits per heavy atom. The van der Waals surface area contributed by atoms with E-state index in [1.165, 1.54) is 11.0 Å². The van der Waals surface area contributed by atoms with Gasteiger partial charge in [-0.25, -0.2) is 9.48 Å². The first-order chi connectivity index (χ1) is 17.0. The van der Waals surface area contributed by atoms with Gasteiger partial charge < -0.3 is 18.8 Å². The third-order valence-electron chi connectivity index (χ3n) is 5.26. The van der Waals surface area contributed by atoms with Gasteiger partial charge in [-0.3, -0.25) is 4.79 Å². The van der Waals surface area contributed by atoms with E-state index in [4.69, 9.17) is 19.0 Å². The molecule has 0 bridgehead atoms. The molecule has 8 heteroatoms. The minimum Gasteiger partial charge on any atom is -0.497 e. The number of likely N-dealkylation sites (N-methyl/N-ethyl adjacent to an activating group) is 1. The molecule has 2 aromatic carbocycles. The molecule has 0 aliphatic rings. The van der Waals surface area contributed by atoms with Crippen molar-refractivity contribution in [3.63, 3.8) is 0 Å². The molecule has 0 spiro atoms. The number of aromatic nitrogens is 2. The van der Waals surface area contributed by atoms with Gasteiger partial charge in [0.1, 0.15) is 11.5 Å². The summed E-state index contributed by atoms with van der Waals surface area (Å²) in [5.41, 5.74) is 3.16. The highest BCUT2D eigenvalue weighted by molar-refractivity contribution is 5.90. The maximum absolute atomic E-state index is 12.3. The topological polar surface area (TPSA) is 86.8 Å². The normalized spacial score (nSPS) is 10.9. The number of nitrogens with zero attached hydrogens (tertiary/aromatic N) is 3. The molecule has 0 saturated carbocycles. The monoisotopic (exact) mass is 471 g/mol. The fourth-order valence-electron chi connectivity index (χ4n) is 3.37. The zero-order valence-corrected chi connectivity index (χ0v) is 19.5. The first-order valence-corrected chi connectivity index (χ1v) is 10.9. The van der Waals surface area contributed by atoms with Gasteiger partial charge in [-0.1, -0.05) is 18.2 Å². The third-order valence-corrected chi connectivity index (χ3v) is 5.26. The maximum atomic E-state index is 12.3. The van der Waals surface area contributed by atoms with Gasteiger partial charge >= 0.3 is 5.97 Å². The van der Waals surface area contributed by atoms with Crippen molar-refractivity contribution in [2.24, 2.45) is 0 Å². The molecule has 0 aliphatic heterocycles. The second kappa shape index (κ2) is 11.0. The lowest BCUT2D eigenvalue weighted by molar-refractivity contribution is -0.147. The number of amides is 1. The number of hydrogen-bond donors (Lipinski definition) is 0. The SMILES string of the molecule is COc1ccc(-c2nn(-c3ccccc3)cc2/C=C/C(=O)OCC(=O)N(C)Cc2ccco2)cc1. The maximum Gasteiger partial charge on any atom is 0.331 e. The number of carbonyl (C=O) groups excluding carboxylic acids is 2. The van der Waals surface area contributed by atoms with Crippen molar-refractivity contribution in [2.45, 2.75) is 6.54 Å². The van der Waals surface area contributed by atoms with E-state index in [9.17, 15) is 9.59 Å². The van der Waals surface area contributed by atoms with Crippen LogP contribution >= 0.6 is 0 Å². The van der Waals surface area contributed by atoms with Crippen LogP contribution in [-0.4, -0.2) is 47.3 Å². The van der Waals surface area contributed by atoms with Crippen molar-refractivity contribution in [3.8, 4) is 22.7 Å². The van der Waals surface area contributed by atoms with Gasteiger partial charge in [0, 0.05) is 30.4 Å². The van der Waals surface area contributed by atoms with Crippen LogP contribution in [0.1, 0.15) is 11.3 Å². The Bertz CT molecular complexity index is 1290.